The van der Waals surface area contributed by atoms with Crippen LogP contribution < -0.4 is 5.32 Å². The number of ether oxygens (including phenoxy) is 1. The molecule has 5 nitrogen and oxygen atoms in total. The molecule has 2 bridgehead atoms. The number of aromatic nitrogens is 2. The van der Waals surface area contributed by atoms with Gasteiger partial charge < -0.3 is 10.1 Å². The highest BCUT2D eigenvalue weighted by molar-refractivity contribution is 5.95. The van der Waals surface area contributed by atoms with E-state index in [0.29, 0.717) is 6.61 Å². The summed E-state index contributed by atoms with van der Waals surface area (Å²) in [5.41, 5.74) is 2.81. The van der Waals surface area contributed by atoms with Gasteiger partial charge in [0.1, 0.15) is 0 Å². The van der Waals surface area contributed by atoms with Crippen LogP contribution in [0.2, 0.25) is 0 Å². The van der Waals surface area contributed by atoms with Gasteiger partial charge in [0.15, 0.2) is 0 Å². The van der Waals surface area contributed by atoms with E-state index in [-0.39, 0.29) is 16.9 Å². The molecule has 3 heterocycles. The van der Waals surface area contributed by atoms with E-state index in [0.717, 1.165) is 49.0 Å². The smallest absolute Gasteiger partial charge is 0.232 e. The molecule has 1 saturated carbocycles. The molecule has 5 rings (SSSR count). The lowest BCUT2D eigenvalue weighted by Gasteiger charge is -2.50. The van der Waals surface area contributed by atoms with Crippen LogP contribution in [0.3, 0.4) is 0 Å². The molecule has 1 aliphatic carbocycles. The van der Waals surface area contributed by atoms with Crippen LogP contribution >= 0.6 is 0 Å². The minimum absolute atomic E-state index is 0.00542. The highest BCUT2D eigenvalue weighted by Gasteiger charge is 2.51. The van der Waals surface area contributed by atoms with Gasteiger partial charge >= 0.3 is 0 Å². The van der Waals surface area contributed by atoms with Crippen LogP contribution in [0.5, 0.6) is 0 Å². The Morgan fingerprint density at radius 2 is 1.96 bits per heavy atom. The van der Waals surface area contributed by atoms with Gasteiger partial charge in [-0.05, 0) is 62.8 Å². The monoisotopic (exact) mass is 339 g/mol. The molecule has 0 unspecified atom stereocenters. The zero-order valence-electron chi connectivity index (χ0n) is 14.9. The SMILES string of the molecule is Cc1cnn(Cc2ccc(NC(=O)C34CCC(C)(CC3)OC4)cc2)c1. The first kappa shape index (κ1) is 16.3. The van der Waals surface area contributed by atoms with Crippen LogP contribution in [0.25, 0.3) is 0 Å². The van der Waals surface area contributed by atoms with Crippen molar-refractivity contribution in [2.45, 2.75) is 51.7 Å². The van der Waals surface area contributed by atoms with Crippen LogP contribution in [0.15, 0.2) is 36.7 Å². The van der Waals surface area contributed by atoms with Gasteiger partial charge in [-0.15, -0.1) is 0 Å². The second-order valence-electron chi connectivity index (χ2n) is 7.89. The Bertz CT molecular complexity index is 754. The highest BCUT2D eigenvalue weighted by Crippen LogP contribution is 2.49. The maximum atomic E-state index is 12.8. The first-order valence-electron chi connectivity index (χ1n) is 9.00. The van der Waals surface area contributed by atoms with Crippen molar-refractivity contribution in [3.63, 3.8) is 0 Å². The summed E-state index contributed by atoms with van der Waals surface area (Å²) in [6.07, 6.45) is 7.67. The normalized spacial score (nSPS) is 28.1. The van der Waals surface area contributed by atoms with Gasteiger partial charge in [-0.1, -0.05) is 12.1 Å². The van der Waals surface area contributed by atoms with E-state index in [1.807, 2.05) is 48.3 Å². The molecule has 0 radical (unpaired) electrons. The van der Waals surface area contributed by atoms with Gasteiger partial charge in [-0.25, -0.2) is 0 Å². The maximum absolute atomic E-state index is 12.8. The molecule has 132 valence electrons. The lowest BCUT2D eigenvalue weighted by Crippen LogP contribution is -2.54. The van der Waals surface area contributed by atoms with E-state index >= 15 is 0 Å². The van der Waals surface area contributed by atoms with Crippen molar-refractivity contribution in [3.05, 3.63) is 47.8 Å². The fourth-order valence-corrected chi connectivity index (χ4v) is 3.85. The Balaban J connectivity index is 1.40. The number of amides is 1. The minimum atomic E-state index is -0.344. The quantitative estimate of drug-likeness (QED) is 0.927. The summed E-state index contributed by atoms with van der Waals surface area (Å²) in [6, 6.07) is 8.02. The number of carbonyl (C=O) groups excluding carboxylic acids is 1. The van der Waals surface area contributed by atoms with Crippen LogP contribution in [0, 0.1) is 12.3 Å². The molecule has 2 saturated heterocycles. The standard InChI is InChI=1S/C20H25N3O2/c1-15-11-21-23(12-15)13-16-3-5-17(6-4-16)22-18(24)20-9-7-19(2,8-10-20)25-14-20/h3-6,11-12H,7-10,13-14H2,1-2H3,(H,22,24). The van der Waals surface area contributed by atoms with Crippen molar-refractivity contribution in [1.82, 2.24) is 9.78 Å². The van der Waals surface area contributed by atoms with Crippen molar-refractivity contribution >= 4 is 11.6 Å². The number of hydrogen-bond acceptors (Lipinski definition) is 3. The van der Waals surface area contributed by atoms with E-state index in [9.17, 15) is 4.79 Å². The zero-order valence-corrected chi connectivity index (χ0v) is 14.9. The molecule has 1 amide bonds. The molecule has 0 spiro atoms. The van der Waals surface area contributed by atoms with Gasteiger partial charge in [0.25, 0.3) is 0 Å². The van der Waals surface area contributed by atoms with Crippen molar-refractivity contribution in [2.75, 3.05) is 11.9 Å². The van der Waals surface area contributed by atoms with Gasteiger partial charge in [-0.3, -0.25) is 9.48 Å². The Hall–Kier alpha value is -2.14. The van der Waals surface area contributed by atoms with Crippen molar-refractivity contribution in [2.24, 2.45) is 5.41 Å². The van der Waals surface area contributed by atoms with Crippen molar-refractivity contribution in [3.8, 4) is 0 Å². The van der Waals surface area contributed by atoms with Crippen LogP contribution in [-0.2, 0) is 16.1 Å². The van der Waals surface area contributed by atoms with Gasteiger partial charge in [0, 0.05) is 11.9 Å². The second-order valence-corrected chi connectivity index (χ2v) is 7.89. The molecule has 0 atom stereocenters. The number of carbonyl (C=O) groups is 1. The van der Waals surface area contributed by atoms with Crippen molar-refractivity contribution < 1.29 is 9.53 Å². The molecule has 3 aliphatic rings. The van der Waals surface area contributed by atoms with Gasteiger partial charge in [-0.2, -0.15) is 5.10 Å². The molecule has 1 N–H and O–H groups in total. The van der Waals surface area contributed by atoms with Gasteiger partial charge in [0.05, 0.1) is 30.4 Å². The summed E-state index contributed by atoms with van der Waals surface area (Å²) in [4.78, 5) is 12.8. The molecular formula is C20H25N3O2. The number of anilines is 1. The molecule has 25 heavy (non-hydrogen) atoms. The molecule has 5 heteroatoms. The third kappa shape index (κ3) is 3.21. The van der Waals surface area contributed by atoms with Crippen molar-refractivity contribution in [1.29, 1.82) is 0 Å². The minimum Gasteiger partial charge on any atom is -0.374 e. The van der Waals surface area contributed by atoms with E-state index < -0.39 is 0 Å². The maximum Gasteiger partial charge on any atom is 0.232 e. The lowest BCUT2D eigenvalue weighted by atomic mass is 9.66. The second kappa shape index (κ2) is 5.99. The summed E-state index contributed by atoms with van der Waals surface area (Å²) in [5.74, 6) is 0.102. The number of nitrogens with one attached hydrogen (secondary N) is 1. The van der Waals surface area contributed by atoms with E-state index in [4.69, 9.17) is 4.74 Å². The predicted molar refractivity (Wildman–Crippen MR) is 96.4 cm³/mol. The molecule has 2 aliphatic heterocycles. The van der Waals surface area contributed by atoms with Crippen LogP contribution in [0.1, 0.15) is 43.7 Å². The summed E-state index contributed by atoms with van der Waals surface area (Å²) in [6.45, 7) is 5.47. The molecule has 2 aromatic rings. The number of fused-ring (bicyclic) bond motifs is 3. The van der Waals surface area contributed by atoms with Crippen LogP contribution in [-0.4, -0.2) is 27.9 Å². The van der Waals surface area contributed by atoms with Gasteiger partial charge in [0.2, 0.25) is 5.91 Å². The Morgan fingerprint density at radius 1 is 1.24 bits per heavy atom. The fraction of sp³-hybridized carbons (Fsp3) is 0.500. The highest BCUT2D eigenvalue weighted by atomic mass is 16.5. The summed E-state index contributed by atoms with van der Waals surface area (Å²) in [5, 5.41) is 7.40. The fourth-order valence-electron chi connectivity index (χ4n) is 3.85. The summed E-state index contributed by atoms with van der Waals surface area (Å²) >= 11 is 0. The van der Waals surface area contributed by atoms with E-state index in [1.165, 1.54) is 0 Å². The number of hydrogen-bond donors (Lipinski definition) is 1. The molecule has 1 aromatic heterocycles. The molecule has 3 fully saturated rings. The number of rotatable bonds is 4. The third-order valence-corrected chi connectivity index (χ3v) is 5.76. The Morgan fingerprint density at radius 3 is 2.52 bits per heavy atom. The van der Waals surface area contributed by atoms with E-state index in [1.54, 1.807) is 0 Å². The first-order valence-corrected chi connectivity index (χ1v) is 9.00. The predicted octanol–water partition coefficient (Wildman–Crippen LogP) is 3.53. The average molecular weight is 339 g/mol. The Labute approximate surface area is 148 Å². The van der Waals surface area contributed by atoms with E-state index in [2.05, 4.69) is 17.3 Å². The number of aryl methyl sites for hydroxylation is 1. The molecule has 1 aromatic carbocycles. The topological polar surface area (TPSA) is 56.2 Å². The zero-order chi connectivity index (χ0) is 17.5. The van der Waals surface area contributed by atoms with Crippen LogP contribution in [0.4, 0.5) is 5.69 Å². The summed E-state index contributed by atoms with van der Waals surface area (Å²) in [7, 11) is 0. The summed E-state index contributed by atoms with van der Waals surface area (Å²) < 4.78 is 7.86. The lowest BCUT2D eigenvalue weighted by molar-refractivity contribution is -0.180. The average Bonchev–Trinajstić information content (AvgIpc) is 3.02. The first-order chi connectivity index (χ1) is 12.0. The molecular weight excluding hydrogens is 314 g/mol. The number of nitrogens with zero attached hydrogens (tertiary/aromatic N) is 2. The number of benzene rings is 1. The third-order valence-electron chi connectivity index (χ3n) is 5.76. The Kier molecular flexibility index (Phi) is 3.91. The largest absolute Gasteiger partial charge is 0.374 e.